The number of benzene rings is 1. The second-order valence-corrected chi connectivity index (χ2v) is 3.15. The predicted octanol–water partition coefficient (Wildman–Crippen LogP) is 3.36. The second-order valence-electron chi connectivity index (χ2n) is 3.15. The molecule has 17 heavy (non-hydrogen) atoms. The van der Waals surface area contributed by atoms with E-state index in [1.165, 1.54) is 0 Å². The summed E-state index contributed by atoms with van der Waals surface area (Å²) in [7, 11) is 0. The van der Waals surface area contributed by atoms with Crippen LogP contribution in [0.25, 0.3) is 0 Å². The lowest BCUT2D eigenvalue weighted by molar-refractivity contribution is -0.144. The lowest BCUT2D eigenvalue weighted by Gasteiger charge is -2.15. The van der Waals surface area contributed by atoms with Gasteiger partial charge in [-0.2, -0.15) is 26.3 Å². The summed E-state index contributed by atoms with van der Waals surface area (Å²) in [5.74, 6) is -2.06. The van der Waals surface area contributed by atoms with Crippen LogP contribution in [0.1, 0.15) is 16.7 Å². The summed E-state index contributed by atoms with van der Waals surface area (Å²) in [6, 6.07) is -0.173. The minimum absolute atomic E-state index is 0.0753. The first-order chi connectivity index (χ1) is 7.57. The summed E-state index contributed by atoms with van der Waals surface area (Å²) in [5.41, 5.74) is -4.61. The van der Waals surface area contributed by atoms with Crippen molar-refractivity contribution in [1.29, 1.82) is 0 Å². The fourth-order valence-electron chi connectivity index (χ4n) is 1.27. The molecule has 0 amide bonds. The van der Waals surface area contributed by atoms with E-state index in [9.17, 15) is 30.7 Å². The molecule has 0 bridgehead atoms. The van der Waals surface area contributed by atoms with E-state index in [0.29, 0.717) is 0 Å². The molecule has 0 unspecified atom stereocenters. The molecule has 1 aromatic rings. The molecule has 0 spiro atoms. The van der Waals surface area contributed by atoms with Crippen LogP contribution in [-0.4, -0.2) is 5.11 Å². The number of halogens is 7. The van der Waals surface area contributed by atoms with E-state index in [4.69, 9.17) is 5.11 Å². The van der Waals surface area contributed by atoms with Crippen molar-refractivity contribution in [1.82, 2.24) is 0 Å². The zero-order valence-corrected chi connectivity index (χ0v) is 7.95. The van der Waals surface area contributed by atoms with Crippen LogP contribution < -0.4 is 0 Å². The average molecular weight is 262 g/mol. The Morgan fingerprint density at radius 3 is 1.82 bits per heavy atom. The molecule has 0 fully saturated rings. The maximum Gasteiger partial charge on any atom is 0.419 e. The van der Waals surface area contributed by atoms with Crippen molar-refractivity contribution in [3.63, 3.8) is 0 Å². The molecule has 96 valence electrons. The fourth-order valence-corrected chi connectivity index (χ4v) is 1.27. The van der Waals surface area contributed by atoms with Crippen molar-refractivity contribution in [2.75, 3.05) is 0 Å². The Kier molecular flexibility index (Phi) is 3.37. The highest BCUT2D eigenvalue weighted by Crippen LogP contribution is 2.38. The minimum atomic E-state index is -5.16. The van der Waals surface area contributed by atoms with E-state index in [-0.39, 0.29) is 12.1 Å². The highest BCUT2D eigenvalue weighted by Gasteiger charge is 2.40. The zero-order chi connectivity index (χ0) is 13.4. The Hall–Kier alpha value is -1.31. The third-order valence-corrected chi connectivity index (χ3v) is 1.95. The summed E-state index contributed by atoms with van der Waals surface area (Å²) in [5, 5.41) is 8.56. The van der Waals surface area contributed by atoms with Gasteiger partial charge in [-0.1, -0.05) is 0 Å². The number of aliphatic hydroxyl groups excluding tert-OH is 1. The molecular formula is C9H5F7O. The van der Waals surface area contributed by atoms with E-state index < -0.39 is 41.5 Å². The molecule has 0 aliphatic carbocycles. The van der Waals surface area contributed by atoms with Gasteiger partial charge in [-0.05, 0) is 17.7 Å². The van der Waals surface area contributed by atoms with Gasteiger partial charge in [0.2, 0.25) is 0 Å². The first-order valence-corrected chi connectivity index (χ1v) is 4.15. The molecule has 0 saturated heterocycles. The topological polar surface area (TPSA) is 20.2 Å². The number of hydrogen-bond donors (Lipinski definition) is 1. The maximum atomic E-state index is 13.0. The van der Waals surface area contributed by atoms with E-state index in [1.807, 2.05) is 0 Å². The lowest BCUT2D eigenvalue weighted by atomic mass is 10.0. The van der Waals surface area contributed by atoms with E-state index in [2.05, 4.69) is 0 Å². The predicted molar refractivity (Wildman–Crippen MR) is 42.3 cm³/mol. The van der Waals surface area contributed by atoms with Gasteiger partial charge < -0.3 is 5.11 Å². The molecule has 1 N–H and O–H groups in total. The van der Waals surface area contributed by atoms with Gasteiger partial charge in [-0.15, -0.1) is 0 Å². The van der Waals surface area contributed by atoms with Gasteiger partial charge in [0.1, 0.15) is 5.82 Å². The van der Waals surface area contributed by atoms with Crippen molar-refractivity contribution >= 4 is 0 Å². The molecule has 0 heterocycles. The molecule has 0 atom stereocenters. The van der Waals surface area contributed by atoms with Crippen LogP contribution in [0.15, 0.2) is 12.1 Å². The normalized spacial score (nSPS) is 12.9. The van der Waals surface area contributed by atoms with Crippen LogP contribution in [-0.2, 0) is 19.0 Å². The highest BCUT2D eigenvalue weighted by molar-refractivity contribution is 5.36. The van der Waals surface area contributed by atoms with Gasteiger partial charge in [0, 0.05) is 0 Å². The first-order valence-electron chi connectivity index (χ1n) is 4.15. The molecule has 0 saturated carbocycles. The van der Waals surface area contributed by atoms with Crippen LogP contribution in [0.5, 0.6) is 0 Å². The monoisotopic (exact) mass is 262 g/mol. The Labute approximate surface area is 90.5 Å². The molecule has 0 aliphatic rings. The van der Waals surface area contributed by atoms with Crippen molar-refractivity contribution in [3.8, 4) is 0 Å². The van der Waals surface area contributed by atoms with E-state index in [0.717, 1.165) is 0 Å². The Bertz CT molecular complexity index is 419. The molecular weight excluding hydrogens is 257 g/mol. The second kappa shape index (κ2) is 4.17. The molecule has 0 aromatic heterocycles. The quantitative estimate of drug-likeness (QED) is 0.769. The van der Waals surface area contributed by atoms with E-state index in [1.54, 1.807) is 0 Å². The van der Waals surface area contributed by atoms with Crippen LogP contribution in [0.3, 0.4) is 0 Å². The third kappa shape index (κ3) is 2.87. The molecule has 0 aliphatic heterocycles. The summed E-state index contributed by atoms with van der Waals surface area (Å²) in [4.78, 5) is 0. The van der Waals surface area contributed by atoms with Gasteiger partial charge in [-0.25, -0.2) is 4.39 Å². The van der Waals surface area contributed by atoms with Crippen LogP contribution in [0, 0.1) is 5.82 Å². The first kappa shape index (κ1) is 13.8. The Morgan fingerprint density at radius 1 is 0.941 bits per heavy atom. The summed E-state index contributed by atoms with van der Waals surface area (Å²) in [6.45, 7) is -1.34. The van der Waals surface area contributed by atoms with Crippen molar-refractivity contribution in [2.24, 2.45) is 0 Å². The summed E-state index contributed by atoms with van der Waals surface area (Å²) >= 11 is 0. The fraction of sp³-hybridized carbons (Fsp3) is 0.333. The van der Waals surface area contributed by atoms with Crippen LogP contribution in [0.4, 0.5) is 30.7 Å². The molecule has 0 radical (unpaired) electrons. The van der Waals surface area contributed by atoms with Gasteiger partial charge in [-0.3, -0.25) is 0 Å². The van der Waals surface area contributed by atoms with Crippen molar-refractivity contribution in [2.45, 2.75) is 19.0 Å². The number of aliphatic hydroxyl groups is 1. The SMILES string of the molecule is OCc1cc(C(F)(F)F)cc(F)c1C(F)(F)F. The number of hydrogen-bond acceptors (Lipinski definition) is 1. The Balaban J connectivity index is 3.47. The summed E-state index contributed by atoms with van der Waals surface area (Å²) < 4.78 is 86.4. The molecule has 8 heteroatoms. The minimum Gasteiger partial charge on any atom is -0.392 e. The van der Waals surface area contributed by atoms with Gasteiger partial charge in [0.15, 0.2) is 0 Å². The van der Waals surface area contributed by atoms with Gasteiger partial charge >= 0.3 is 12.4 Å². The van der Waals surface area contributed by atoms with Gasteiger partial charge in [0.05, 0.1) is 17.7 Å². The highest BCUT2D eigenvalue weighted by atomic mass is 19.4. The van der Waals surface area contributed by atoms with Crippen molar-refractivity contribution < 1.29 is 35.8 Å². The Morgan fingerprint density at radius 2 is 1.47 bits per heavy atom. The molecule has 1 aromatic carbocycles. The van der Waals surface area contributed by atoms with Crippen molar-refractivity contribution in [3.05, 3.63) is 34.6 Å². The largest absolute Gasteiger partial charge is 0.419 e. The van der Waals surface area contributed by atoms with Gasteiger partial charge in [0.25, 0.3) is 0 Å². The smallest absolute Gasteiger partial charge is 0.392 e. The average Bonchev–Trinajstić information content (AvgIpc) is 2.12. The number of rotatable bonds is 1. The summed E-state index contributed by atoms with van der Waals surface area (Å²) in [6.07, 6.45) is -10.1. The molecule has 1 rings (SSSR count). The standard InChI is InChI=1S/C9H5F7O/c10-6-2-5(8(11,12)13)1-4(3-17)7(6)9(14,15)16/h1-2,17H,3H2. The number of alkyl halides is 6. The van der Waals surface area contributed by atoms with Crippen LogP contribution in [0.2, 0.25) is 0 Å². The third-order valence-electron chi connectivity index (χ3n) is 1.95. The maximum absolute atomic E-state index is 13.0. The van der Waals surface area contributed by atoms with E-state index >= 15 is 0 Å². The zero-order valence-electron chi connectivity index (χ0n) is 7.95. The molecule has 1 nitrogen and oxygen atoms in total. The van der Waals surface area contributed by atoms with Crippen LogP contribution >= 0.6 is 0 Å². The lowest BCUT2D eigenvalue weighted by Crippen LogP contribution is -2.15.